The van der Waals surface area contributed by atoms with E-state index in [4.69, 9.17) is 9.47 Å². The second-order valence-electron chi connectivity index (χ2n) is 9.08. The number of hydrogen-bond acceptors (Lipinski definition) is 3. The van der Waals surface area contributed by atoms with E-state index < -0.39 is 0 Å². The van der Waals surface area contributed by atoms with E-state index in [0.717, 1.165) is 12.2 Å². The quantitative estimate of drug-likeness (QED) is 0.385. The number of likely N-dealkylation sites (N-methyl/N-ethyl adjacent to an activating group) is 1. The third kappa shape index (κ3) is 3.79. The van der Waals surface area contributed by atoms with Crippen LogP contribution >= 0.6 is 15.9 Å². The van der Waals surface area contributed by atoms with E-state index in [2.05, 4.69) is 94.6 Å². The average Bonchev–Trinajstić information content (AvgIpc) is 2.80. The predicted octanol–water partition coefficient (Wildman–Crippen LogP) is 6.65. The standard InChI is InChI=1S/C28H30BrNO2/c1-30-26(32-19-20-9-4-3-5-10-20)18-21-17-22(31-2)13-14-23(21)27(30)28(15-8-16-28)24-11-6-7-12-25(24)29/h3-7,9-14,17,26-27H,8,15-16,18-19H2,1-2H3. The molecular formula is C28H30BrNO2. The van der Waals surface area contributed by atoms with E-state index in [9.17, 15) is 0 Å². The molecule has 0 aromatic heterocycles. The van der Waals surface area contributed by atoms with Gasteiger partial charge in [0.2, 0.25) is 0 Å². The number of rotatable bonds is 6. The molecule has 5 rings (SSSR count). The van der Waals surface area contributed by atoms with Crippen molar-refractivity contribution in [2.45, 2.75) is 50.0 Å². The lowest BCUT2D eigenvalue weighted by atomic mass is 9.57. The molecule has 1 heterocycles. The maximum absolute atomic E-state index is 6.55. The van der Waals surface area contributed by atoms with Crippen molar-refractivity contribution >= 4 is 15.9 Å². The Bertz CT molecular complexity index is 1080. The fourth-order valence-electron chi connectivity index (χ4n) is 5.61. The summed E-state index contributed by atoms with van der Waals surface area (Å²) in [6.07, 6.45) is 4.49. The van der Waals surface area contributed by atoms with E-state index in [1.165, 1.54) is 46.0 Å². The molecule has 2 atom stereocenters. The molecule has 0 N–H and O–H groups in total. The van der Waals surface area contributed by atoms with Gasteiger partial charge >= 0.3 is 0 Å². The minimum Gasteiger partial charge on any atom is -0.497 e. The molecule has 1 aliphatic heterocycles. The molecule has 32 heavy (non-hydrogen) atoms. The first-order valence-electron chi connectivity index (χ1n) is 11.4. The lowest BCUT2D eigenvalue weighted by Crippen LogP contribution is -2.54. The Morgan fingerprint density at radius 2 is 1.75 bits per heavy atom. The molecule has 166 valence electrons. The Labute approximate surface area is 199 Å². The number of halogens is 1. The van der Waals surface area contributed by atoms with Gasteiger partial charge in [-0.1, -0.05) is 76.9 Å². The number of fused-ring (bicyclic) bond motifs is 1. The molecule has 1 saturated carbocycles. The highest BCUT2D eigenvalue weighted by Crippen LogP contribution is 2.58. The van der Waals surface area contributed by atoms with Crippen molar-refractivity contribution in [3.8, 4) is 5.75 Å². The summed E-state index contributed by atoms with van der Waals surface area (Å²) in [5.41, 5.74) is 5.44. The molecule has 0 amide bonds. The van der Waals surface area contributed by atoms with Gasteiger partial charge in [-0.05, 0) is 60.3 Å². The van der Waals surface area contributed by atoms with Gasteiger partial charge in [0.25, 0.3) is 0 Å². The third-order valence-electron chi connectivity index (χ3n) is 7.37. The van der Waals surface area contributed by atoms with Crippen LogP contribution in [-0.2, 0) is 23.2 Å². The summed E-state index contributed by atoms with van der Waals surface area (Å²) in [4.78, 5) is 2.48. The maximum Gasteiger partial charge on any atom is 0.119 e. The van der Waals surface area contributed by atoms with Crippen molar-refractivity contribution in [2.24, 2.45) is 0 Å². The van der Waals surface area contributed by atoms with Crippen LogP contribution in [0.5, 0.6) is 5.75 Å². The van der Waals surface area contributed by atoms with Crippen LogP contribution < -0.4 is 4.74 Å². The van der Waals surface area contributed by atoms with Crippen molar-refractivity contribution < 1.29 is 9.47 Å². The van der Waals surface area contributed by atoms with Crippen LogP contribution in [0.3, 0.4) is 0 Å². The van der Waals surface area contributed by atoms with E-state index in [1.54, 1.807) is 7.11 Å². The second-order valence-corrected chi connectivity index (χ2v) is 9.93. The van der Waals surface area contributed by atoms with Gasteiger partial charge in [0.05, 0.1) is 13.7 Å². The van der Waals surface area contributed by atoms with Crippen LogP contribution in [0.2, 0.25) is 0 Å². The van der Waals surface area contributed by atoms with E-state index in [-0.39, 0.29) is 17.7 Å². The van der Waals surface area contributed by atoms with Crippen LogP contribution in [0.25, 0.3) is 0 Å². The highest BCUT2D eigenvalue weighted by atomic mass is 79.9. The fraction of sp³-hybridized carbons (Fsp3) is 0.357. The molecule has 2 aliphatic rings. The largest absolute Gasteiger partial charge is 0.497 e. The average molecular weight is 492 g/mol. The van der Waals surface area contributed by atoms with Crippen molar-refractivity contribution in [3.63, 3.8) is 0 Å². The number of benzene rings is 3. The second kappa shape index (κ2) is 9.01. The summed E-state index contributed by atoms with van der Waals surface area (Å²) >= 11 is 3.86. The lowest BCUT2D eigenvalue weighted by Gasteiger charge is -2.55. The summed E-state index contributed by atoms with van der Waals surface area (Å²) in [6.45, 7) is 0.615. The molecule has 3 aromatic carbocycles. The Morgan fingerprint density at radius 3 is 2.44 bits per heavy atom. The van der Waals surface area contributed by atoms with Gasteiger partial charge in [0, 0.05) is 22.4 Å². The minimum absolute atomic E-state index is 0.0137. The summed E-state index contributed by atoms with van der Waals surface area (Å²) in [6, 6.07) is 26.1. The molecule has 0 bridgehead atoms. The monoisotopic (exact) mass is 491 g/mol. The molecule has 1 fully saturated rings. The van der Waals surface area contributed by atoms with Crippen molar-refractivity contribution in [1.82, 2.24) is 4.90 Å². The number of nitrogens with zero attached hydrogens (tertiary/aromatic N) is 1. The number of methoxy groups -OCH3 is 1. The summed E-state index contributed by atoms with van der Waals surface area (Å²) in [5, 5.41) is 0. The molecular weight excluding hydrogens is 462 g/mol. The van der Waals surface area contributed by atoms with Crippen LogP contribution in [-0.4, -0.2) is 25.3 Å². The highest BCUT2D eigenvalue weighted by Gasteiger charge is 2.52. The van der Waals surface area contributed by atoms with E-state index in [0.29, 0.717) is 6.61 Å². The van der Waals surface area contributed by atoms with Gasteiger partial charge in [-0.15, -0.1) is 0 Å². The van der Waals surface area contributed by atoms with Crippen LogP contribution in [0.4, 0.5) is 0 Å². The Balaban J connectivity index is 1.55. The first-order valence-corrected chi connectivity index (χ1v) is 12.2. The highest BCUT2D eigenvalue weighted by molar-refractivity contribution is 9.10. The smallest absolute Gasteiger partial charge is 0.119 e. The maximum atomic E-state index is 6.55. The molecule has 3 aromatic rings. The van der Waals surface area contributed by atoms with Gasteiger partial charge in [0.15, 0.2) is 0 Å². The molecule has 0 saturated heterocycles. The van der Waals surface area contributed by atoms with Gasteiger partial charge in [0.1, 0.15) is 12.0 Å². The van der Waals surface area contributed by atoms with Crippen LogP contribution in [0.1, 0.15) is 47.6 Å². The topological polar surface area (TPSA) is 21.7 Å². The normalized spacial score (nSPS) is 22.1. The minimum atomic E-state index is 0.0137. The van der Waals surface area contributed by atoms with Crippen molar-refractivity contribution in [3.05, 3.63) is 99.5 Å². The SMILES string of the molecule is COc1ccc2c(c1)CC(OCc1ccccc1)N(C)C2C1(c2ccccc2Br)CCC1. The van der Waals surface area contributed by atoms with Crippen molar-refractivity contribution in [2.75, 3.05) is 14.2 Å². The first kappa shape index (κ1) is 21.7. The van der Waals surface area contributed by atoms with Gasteiger partial charge in [-0.2, -0.15) is 0 Å². The fourth-order valence-corrected chi connectivity index (χ4v) is 6.29. The van der Waals surface area contributed by atoms with Crippen LogP contribution in [0, 0.1) is 0 Å². The Kier molecular flexibility index (Phi) is 6.11. The van der Waals surface area contributed by atoms with Gasteiger partial charge < -0.3 is 9.47 Å². The molecule has 1 aliphatic carbocycles. The van der Waals surface area contributed by atoms with Crippen molar-refractivity contribution in [1.29, 1.82) is 0 Å². The molecule has 0 radical (unpaired) electrons. The molecule has 2 unspecified atom stereocenters. The Hall–Kier alpha value is -2.14. The van der Waals surface area contributed by atoms with Crippen LogP contribution in [0.15, 0.2) is 77.3 Å². The Morgan fingerprint density at radius 1 is 1.00 bits per heavy atom. The summed E-state index contributed by atoms with van der Waals surface area (Å²) in [7, 11) is 3.98. The zero-order chi connectivity index (χ0) is 22.1. The number of hydrogen-bond donors (Lipinski definition) is 0. The third-order valence-corrected chi connectivity index (χ3v) is 8.06. The summed E-state index contributed by atoms with van der Waals surface area (Å²) < 4.78 is 13.3. The number of ether oxygens (including phenoxy) is 2. The van der Waals surface area contributed by atoms with Gasteiger partial charge in [-0.25, -0.2) is 0 Å². The van der Waals surface area contributed by atoms with E-state index in [1.807, 2.05) is 6.07 Å². The first-order chi connectivity index (χ1) is 15.6. The molecule has 3 nitrogen and oxygen atoms in total. The summed E-state index contributed by atoms with van der Waals surface area (Å²) in [5.74, 6) is 0.914. The van der Waals surface area contributed by atoms with E-state index >= 15 is 0 Å². The van der Waals surface area contributed by atoms with Gasteiger partial charge in [-0.3, -0.25) is 4.90 Å². The molecule has 4 heteroatoms. The zero-order valence-corrected chi connectivity index (χ0v) is 20.3. The molecule has 0 spiro atoms. The zero-order valence-electron chi connectivity index (χ0n) is 18.8. The lowest BCUT2D eigenvalue weighted by molar-refractivity contribution is -0.106. The predicted molar refractivity (Wildman–Crippen MR) is 132 cm³/mol.